The summed E-state index contributed by atoms with van der Waals surface area (Å²) in [5, 5.41) is 16.3. The summed E-state index contributed by atoms with van der Waals surface area (Å²) >= 11 is 0. The van der Waals surface area contributed by atoms with E-state index < -0.39 is 17.7 Å². The Morgan fingerprint density at radius 1 is 1.20 bits per heavy atom. The van der Waals surface area contributed by atoms with E-state index in [1.807, 2.05) is 0 Å². The van der Waals surface area contributed by atoms with Crippen LogP contribution < -0.4 is 4.90 Å². The van der Waals surface area contributed by atoms with E-state index in [2.05, 4.69) is 4.90 Å². The minimum atomic E-state index is -5.08. The van der Waals surface area contributed by atoms with Crippen molar-refractivity contribution in [2.24, 2.45) is 0 Å². The van der Waals surface area contributed by atoms with Crippen LogP contribution in [0.1, 0.15) is 0 Å². The summed E-state index contributed by atoms with van der Waals surface area (Å²) in [6.45, 7) is 3.17. The number of aliphatic carboxylic acids is 1. The van der Waals surface area contributed by atoms with Gasteiger partial charge in [0.1, 0.15) is 18.0 Å². The first-order valence-corrected chi connectivity index (χ1v) is 8.97. The molecule has 0 radical (unpaired) electrons. The molecule has 3 rings (SSSR count). The molecule has 2 aliphatic rings. The first kappa shape index (κ1) is 24.0. The molecule has 0 bridgehead atoms. The monoisotopic (exact) mass is 438 g/mol. The quantitative estimate of drug-likeness (QED) is 0.676. The fraction of sp³-hybridized carbons (Fsp3) is 0.556. The lowest BCUT2D eigenvalue weighted by Crippen LogP contribution is -2.61. The van der Waals surface area contributed by atoms with Crippen LogP contribution in [0.25, 0.3) is 0 Å². The van der Waals surface area contributed by atoms with Gasteiger partial charge in [-0.1, -0.05) is 0 Å². The van der Waals surface area contributed by atoms with Crippen molar-refractivity contribution in [2.45, 2.75) is 11.8 Å². The fourth-order valence-electron chi connectivity index (χ4n) is 3.07. The molecule has 0 aromatic heterocycles. The fourth-order valence-corrected chi connectivity index (χ4v) is 3.07. The van der Waals surface area contributed by atoms with E-state index >= 15 is 0 Å². The van der Waals surface area contributed by atoms with Crippen molar-refractivity contribution in [3.63, 3.8) is 0 Å². The van der Waals surface area contributed by atoms with Crippen molar-refractivity contribution in [1.29, 1.82) is 0 Å². The van der Waals surface area contributed by atoms with Gasteiger partial charge in [-0.3, -0.25) is 9.69 Å². The summed E-state index contributed by atoms with van der Waals surface area (Å²) in [5.74, 6) is -3.25. The standard InChI is InChI=1S/C16H21FN2O4.C2HF3O2/c17-13-1-3-14(4-2-13)19-11-16(23-9-15(19)21)10-18(5-7-20)6-8-22-12-16;3-2(4,5)1(6)7/h1-4,20H,5-12H2;(H,6,7). The first-order chi connectivity index (χ1) is 14.1. The van der Waals surface area contributed by atoms with E-state index in [1.54, 1.807) is 17.0 Å². The zero-order valence-electron chi connectivity index (χ0n) is 15.9. The SMILES string of the molecule is O=C(O)C(F)(F)F.O=C1COC2(COCCN(CCO)C2)CN1c1ccc(F)cc1. The Morgan fingerprint density at radius 2 is 1.83 bits per heavy atom. The molecule has 2 aliphatic heterocycles. The van der Waals surface area contributed by atoms with Crippen molar-refractivity contribution in [2.75, 3.05) is 57.5 Å². The molecule has 1 aromatic rings. The molecule has 12 heteroatoms. The van der Waals surface area contributed by atoms with E-state index in [1.165, 1.54) is 12.1 Å². The molecule has 1 amide bonds. The highest BCUT2D eigenvalue weighted by Gasteiger charge is 2.43. The second-order valence-electron chi connectivity index (χ2n) is 6.78. The maximum Gasteiger partial charge on any atom is 0.490 e. The number of benzene rings is 1. The van der Waals surface area contributed by atoms with Gasteiger partial charge in [0.2, 0.25) is 0 Å². The Morgan fingerprint density at radius 3 is 2.40 bits per heavy atom. The lowest BCUT2D eigenvalue weighted by molar-refractivity contribution is -0.192. The molecule has 1 aromatic carbocycles. The molecule has 2 saturated heterocycles. The maximum atomic E-state index is 13.1. The minimum absolute atomic E-state index is 0.0340. The molecule has 1 spiro atoms. The highest BCUT2D eigenvalue weighted by atomic mass is 19.4. The number of aliphatic hydroxyl groups is 1. The van der Waals surface area contributed by atoms with E-state index in [0.29, 0.717) is 38.5 Å². The Hall–Kier alpha value is -2.28. The number of halogens is 4. The Balaban J connectivity index is 0.000000396. The van der Waals surface area contributed by atoms with Gasteiger partial charge >= 0.3 is 12.1 Å². The number of rotatable bonds is 3. The number of carboxylic acids is 1. The minimum Gasteiger partial charge on any atom is -0.475 e. The molecule has 168 valence electrons. The van der Waals surface area contributed by atoms with Gasteiger partial charge in [-0.25, -0.2) is 9.18 Å². The number of carboxylic acid groups (broad SMARTS) is 1. The number of morpholine rings is 1. The molecule has 2 heterocycles. The number of alkyl halides is 3. The van der Waals surface area contributed by atoms with E-state index in [9.17, 15) is 27.5 Å². The molecule has 30 heavy (non-hydrogen) atoms. The predicted molar refractivity (Wildman–Crippen MR) is 95.5 cm³/mol. The van der Waals surface area contributed by atoms with Crippen LogP contribution in [0.4, 0.5) is 23.2 Å². The van der Waals surface area contributed by atoms with Gasteiger partial charge in [0.25, 0.3) is 5.91 Å². The number of nitrogens with zero attached hydrogens (tertiary/aromatic N) is 2. The number of hydrogen-bond donors (Lipinski definition) is 2. The average Bonchev–Trinajstić information content (AvgIpc) is 2.87. The summed E-state index contributed by atoms with van der Waals surface area (Å²) in [5.41, 5.74) is 0.0190. The summed E-state index contributed by atoms with van der Waals surface area (Å²) in [4.78, 5) is 24.8. The number of hydrogen-bond acceptors (Lipinski definition) is 6. The second-order valence-corrected chi connectivity index (χ2v) is 6.78. The highest BCUT2D eigenvalue weighted by molar-refractivity contribution is 5.95. The van der Waals surface area contributed by atoms with Gasteiger partial charge in [0.05, 0.1) is 26.4 Å². The van der Waals surface area contributed by atoms with Crippen LogP contribution in [0.5, 0.6) is 0 Å². The predicted octanol–water partition coefficient (Wildman–Crippen LogP) is 0.885. The van der Waals surface area contributed by atoms with Gasteiger partial charge in [-0.15, -0.1) is 0 Å². The Bertz CT molecular complexity index is 730. The number of aliphatic hydroxyl groups excluding tert-OH is 1. The Labute approximate surface area is 169 Å². The molecule has 1 atom stereocenters. The number of amides is 1. The van der Waals surface area contributed by atoms with E-state index in [-0.39, 0.29) is 24.9 Å². The van der Waals surface area contributed by atoms with Crippen LogP contribution in [0.2, 0.25) is 0 Å². The molecular formula is C18H22F4N2O6. The molecule has 8 nitrogen and oxygen atoms in total. The third kappa shape index (κ3) is 6.62. The number of anilines is 1. The van der Waals surface area contributed by atoms with Gasteiger partial charge in [-0.05, 0) is 24.3 Å². The van der Waals surface area contributed by atoms with Crippen LogP contribution in [0, 0.1) is 5.82 Å². The topological polar surface area (TPSA) is 99.5 Å². The normalized spacial score (nSPS) is 23.0. The Kier molecular flexibility index (Phi) is 8.12. The molecule has 2 N–H and O–H groups in total. The third-order valence-corrected chi connectivity index (χ3v) is 4.47. The average molecular weight is 438 g/mol. The zero-order chi connectivity index (χ0) is 22.4. The van der Waals surface area contributed by atoms with Crippen LogP contribution in [-0.4, -0.2) is 91.4 Å². The molecule has 0 aliphatic carbocycles. The number of carbonyl (C=O) groups is 2. The first-order valence-electron chi connectivity index (χ1n) is 8.97. The third-order valence-electron chi connectivity index (χ3n) is 4.47. The highest BCUT2D eigenvalue weighted by Crippen LogP contribution is 2.27. The summed E-state index contributed by atoms with van der Waals surface area (Å²) in [6, 6.07) is 5.86. The largest absolute Gasteiger partial charge is 0.490 e. The van der Waals surface area contributed by atoms with Crippen molar-refractivity contribution in [3.05, 3.63) is 30.1 Å². The summed E-state index contributed by atoms with van der Waals surface area (Å²) in [7, 11) is 0. The molecule has 1 unspecified atom stereocenters. The number of β-amino-alcohol motifs (C(OH)–C–C–N with tert-alkyl or cyclic N) is 1. The number of ether oxygens (including phenoxy) is 2. The summed E-state index contributed by atoms with van der Waals surface area (Å²) < 4.78 is 56.3. The van der Waals surface area contributed by atoms with Gasteiger partial charge in [-0.2, -0.15) is 13.2 Å². The summed E-state index contributed by atoms with van der Waals surface area (Å²) in [6.07, 6.45) is -5.08. The molecular weight excluding hydrogens is 416 g/mol. The van der Waals surface area contributed by atoms with Gasteiger partial charge in [0, 0.05) is 25.3 Å². The maximum absolute atomic E-state index is 13.1. The van der Waals surface area contributed by atoms with Crippen LogP contribution in [0.15, 0.2) is 24.3 Å². The van der Waals surface area contributed by atoms with Crippen molar-refractivity contribution >= 4 is 17.6 Å². The van der Waals surface area contributed by atoms with Crippen LogP contribution in [-0.2, 0) is 19.1 Å². The van der Waals surface area contributed by atoms with Crippen molar-refractivity contribution in [3.8, 4) is 0 Å². The molecule has 2 fully saturated rings. The lowest BCUT2D eigenvalue weighted by Gasteiger charge is -2.43. The van der Waals surface area contributed by atoms with E-state index in [4.69, 9.17) is 19.4 Å². The lowest BCUT2D eigenvalue weighted by atomic mass is 10.0. The van der Waals surface area contributed by atoms with Crippen molar-refractivity contribution in [1.82, 2.24) is 4.90 Å². The van der Waals surface area contributed by atoms with Gasteiger partial charge in [0.15, 0.2) is 0 Å². The van der Waals surface area contributed by atoms with Crippen LogP contribution >= 0.6 is 0 Å². The van der Waals surface area contributed by atoms with Crippen LogP contribution in [0.3, 0.4) is 0 Å². The second kappa shape index (κ2) is 10.2. The van der Waals surface area contributed by atoms with Crippen molar-refractivity contribution < 1.29 is 46.8 Å². The van der Waals surface area contributed by atoms with E-state index in [0.717, 1.165) is 6.54 Å². The number of carbonyl (C=O) groups excluding carboxylic acids is 1. The molecule has 0 saturated carbocycles. The smallest absolute Gasteiger partial charge is 0.475 e. The zero-order valence-corrected chi connectivity index (χ0v) is 15.9. The van der Waals surface area contributed by atoms with Gasteiger partial charge < -0.3 is 24.6 Å².